The smallest absolute Gasteiger partial charge is 0.475 e. The fourth-order valence-corrected chi connectivity index (χ4v) is 2.79. The maximum atomic E-state index is 11.8. The van der Waals surface area contributed by atoms with Gasteiger partial charge in [0.05, 0.1) is 11.9 Å². The van der Waals surface area contributed by atoms with Gasteiger partial charge in [0, 0.05) is 18.0 Å². The van der Waals surface area contributed by atoms with E-state index in [1.807, 2.05) is 0 Å². The van der Waals surface area contributed by atoms with Crippen molar-refractivity contribution >= 4 is 11.6 Å². The standard InChI is InChI=1S/C13H15N5O.C2HF3O2/c1-8-4-9(2-3-15-8)11-5-12(19)17-13-10(6-14)7-16-18(11)13;3-2(4,5)1(6)7/h5,7-9,15H,2-4H2,1H3,(H,17,19);(H,6,7)/t8-,9+;/m1./s1. The summed E-state index contributed by atoms with van der Waals surface area (Å²) in [6, 6.07) is 4.08. The minimum atomic E-state index is -5.08. The third-order valence-corrected chi connectivity index (χ3v) is 3.94. The van der Waals surface area contributed by atoms with Gasteiger partial charge in [0.15, 0.2) is 5.65 Å². The van der Waals surface area contributed by atoms with E-state index in [1.54, 1.807) is 10.6 Å². The molecule has 0 unspecified atom stereocenters. The first-order chi connectivity index (χ1) is 12.1. The molecule has 3 N–H and O–H groups in total. The van der Waals surface area contributed by atoms with Crippen LogP contribution in [0.4, 0.5) is 13.2 Å². The molecule has 8 nitrogen and oxygen atoms in total. The van der Waals surface area contributed by atoms with Crippen LogP contribution in [0, 0.1) is 11.3 Å². The maximum absolute atomic E-state index is 11.8. The highest BCUT2D eigenvalue weighted by Crippen LogP contribution is 2.27. The summed E-state index contributed by atoms with van der Waals surface area (Å²) >= 11 is 0. The topological polar surface area (TPSA) is 123 Å². The largest absolute Gasteiger partial charge is 0.490 e. The lowest BCUT2D eigenvalue weighted by molar-refractivity contribution is -0.192. The van der Waals surface area contributed by atoms with E-state index < -0.39 is 12.1 Å². The molecule has 2 atom stereocenters. The SMILES string of the molecule is C[C@@H]1C[C@@H](c2cc(=O)[nH]c3c(C#N)cnn23)CCN1.O=C(O)C(F)(F)F. The Kier molecular flexibility index (Phi) is 5.66. The zero-order valence-electron chi connectivity index (χ0n) is 13.7. The molecule has 1 aliphatic rings. The molecule has 1 fully saturated rings. The van der Waals surface area contributed by atoms with Crippen LogP contribution in [0.2, 0.25) is 0 Å². The summed E-state index contributed by atoms with van der Waals surface area (Å²) in [4.78, 5) is 23.4. The number of alkyl halides is 3. The number of hydrogen-bond donors (Lipinski definition) is 3. The molecule has 3 heterocycles. The van der Waals surface area contributed by atoms with Gasteiger partial charge in [0.25, 0.3) is 5.56 Å². The van der Waals surface area contributed by atoms with Gasteiger partial charge < -0.3 is 15.4 Å². The molecule has 0 aromatic carbocycles. The second-order valence-electron chi connectivity index (χ2n) is 5.87. The normalized spacial score (nSPS) is 20.1. The number of halogens is 3. The van der Waals surface area contributed by atoms with Crippen LogP contribution in [0.25, 0.3) is 5.65 Å². The lowest BCUT2D eigenvalue weighted by Crippen LogP contribution is -2.35. The van der Waals surface area contributed by atoms with Crippen LogP contribution in [0.3, 0.4) is 0 Å². The second-order valence-corrected chi connectivity index (χ2v) is 5.87. The summed E-state index contributed by atoms with van der Waals surface area (Å²) in [6.07, 6.45) is -1.63. The molecule has 0 amide bonds. The number of H-pyrrole nitrogens is 1. The molecule has 0 spiro atoms. The molecule has 26 heavy (non-hydrogen) atoms. The van der Waals surface area contributed by atoms with Crippen molar-refractivity contribution in [2.24, 2.45) is 0 Å². The Morgan fingerprint density at radius 1 is 1.50 bits per heavy atom. The van der Waals surface area contributed by atoms with E-state index in [1.165, 1.54) is 6.20 Å². The Morgan fingerprint density at radius 3 is 2.69 bits per heavy atom. The average molecular weight is 371 g/mol. The number of aliphatic carboxylic acids is 1. The first-order valence-corrected chi connectivity index (χ1v) is 7.68. The number of fused-ring (bicyclic) bond motifs is 1. The van der Waals surface area contributed by atoms with E-state index in [9.17, 15) is 18.0 Å². The third kappa shape index (κ3) is 4.40. The summed E-state index contributed by atoms with van der Waals surface area (Å²) in [5.41, 5.74) is 1.62. The summed E-state index contributed by atoms with van der Waals surface area (Å²) in [6.45, 7) is 3.08. The van der Waals surface area contributed by atoms with E-state index in [-0.39, 0.29) is 5.56 Å². The molecule has 1 saturated heterocycles. The van der Waals surface area contributed by atoms with E-state index in [2.05, 4.69) is 28.4 Å². The molecule has 2 aromatic rings. The predicted molar refractivity (Wildman–Crippen MR) is 83.7 cm³/mol. The summed E-state index contributed by atoms with van der Waals surface area (Å²) in [7, 11) is 0. The number of rotatable bonds is 1. The molecule has 0 bridgehead atoms. The number of hydrogen-bond acceptors (Lipinski definition) is 5. The first kappa shape index (κ1) is 19.5. The number of nitrogens with one attached hydrogen (secondary N) is 2. The van der Waals surface area contributed by atoms with Crippen LogP contribution in [-0.4, -0.2) is 44.4 Å². The Labute approximate surface area is 145 Å². The lowest BCUT2D eigenvalue weighted by atomic mass is 9.90. The number of aromatic amines is 1. The van der Waals surface area contributed by atoms with Gasteiger partial charge in [-0.2, -0.15) is 23.5 Å². The van der Waals surface area contributed by atoms with E-state index in [0.717, 1.165) is 25.1 Å². The minimum absolute atomic E-state index is 0.175. The molecular weight excluding hydrogens is 355 g/mol. The monoisotopic (exact) mass is 371 g/mol. The van der Waals surface area contributed by atoms with Gasteiger partial charge >= 0.3 is 12.1 Å². The number of aromatic nitrogens is 3. The molecular formula is C15H16F3N5O3. The van der Waals surface area contributed by atoms with Crippen molar-refractivity contribution in [3.8, 4) is 6.07 Å². The van der Waals surface area contributed by atoms with Crippen molar-refractivity contribution in [3.63, 3.8) is 0 Å². The van der Waals surface area contributed by atoms with Crippen molar-refractivity contribution < 1.29 is 23.1 Å². The van der Waals surface area contributed by atoms with Gasteiger partial charge in [-0.3, -0.25) is 4.79 Å². The zero-order valence-corrected chi connectivity index (χ0v) is 13.7. The van der Waals surface area contributed by atoms with Crippen LogP contribution in [-0.2, 0) is 4.79 Å². The van der Waals surface area contributed by atoms with E-state index in [4.69, 9.17) is 15.2 Å². The van der Waals surface area contributed by atoms with Crippen LogP contribution in [0.1, 0.15) is 36.9 Å². The van der Waals surface area contributed by atoms with Crippen LogP contribution in [0.15, 0.2) is 17.1 Å². The fourth-order valence-electron chi connectivity index (χ4n) is 2.79. The molecule has 3 rings (SSSR count). The number of carboxylic acid groups (broad SMARTS) is 1. The number of nitrogens with zero attached hydrogens (tertiary/aromatic N) is 3. The van der Waals surface area contributed by atoms with Crippen LogP contribution >= 0.6 is 0 Å². The second kappa shape index (κ2) is 7.57. The van der Waals surface area contributed by atoms with Crippen molar-refractivity contribution in [1.82, 2.24) is 19.9 Å². The summed E-state index contributed by atoms with van der Waals surface area (Å²) in [5.74, 6) is -2.46. The van der Waals surface area contributed by atoms with E-state index >= 15 is 0 Å². The van der Waals surface area contributed by atoms with Crippen molar-refractivity contribution in [2.45, 2.75) is 37.9 Å². The van der Waals surface area contributed by atoms with Gasteiger partial charge in [-0.25, -0.2) is 9.31 Å². The van der Waals surface area contributed by atoms with Crippen molar-refractivity contribution in [3.05, 3.63) is 33.9 Å². The molecule has 1 aliphatic heterocycles. The highest BCUT2D eigenvalue weighted by molar-refractivity contribution is 5.73. The Balaban J connectivity index is 0.000000298. The highest BCUT2D eigenvalue weighted by Gasteiger charge is 2.38. The number of nitriles is 1. The molecule has 0 radical (unpaired) electrons. The zero-order chi connectivity index (χ0) is 19.5. The Hall–Kier alpha value is -2.87. The lowest BCUT2D eigenvalue weighted by Gasteiger charge is -2.28. The van der Waals surface area contributed by atoms with Gasteiger partial charge in [0.2, 0.25) is 0 Å². The minimum Gasteiger partial charge on any atom is -0.475 e. The Bertz CT molecular complexity index is 897. The third-order valence-electron chi connectivity index (χ3n) is 3.94. The molecule has 2 aromatic heterocycles. The number of piperidine rings is 1. The average Bonchev–Trinajstić information content (AvgIpc) is 2.96. The Morgan fingerprint density at radius 2 is 2.15 bits per heavy atom. The van der Waals surface area contributed by atoms with Gasteiger partial charge in [0.1, 0.15) is 11.6 Å². The fraction of sp³-hybridized carbons (Fsp3) is 0.467. The molecule has 11 heteroatoms. The van der Waals surface area contributed by atoms with E-state index in [0.29, 0.717) is 23.2 Å². The van der Waals surface area contributed by atoms with Crippen LogP contribution in [0.5, 0.6) is 0 Å². The van der Waals surface area contributed by atoms with Crippen LogP contribution < -0.4 is 10.9 Å². The van der Waals surface area contributed by atoms with Crippen molar-refractivity contribution in [2.75, 3.05) is 6.54 Å². The summed E-state index contributed by atoms with van der Waals surface area (Å²) in [5, 5.41) is 23.8. The first-order valence-electron chi connectivity index (χ1n) is 7.68. The number of carbonyl (C=O) groups is 1. The maximum Gasteiger partial charge on any atom is 0.490 e. The quantitative estimate of drug-likeness (QED) is 0.696. The van der Waals surface area contributed by atoms with Crippen molar-refractivity contribution in [1.29, 1.82) is 5.26 Å². The summed E-state index contributed by atoms with van der Waals surface area (Å²) < 4.78 is 33.4. The van der Waals surface area contributed by atoms with Gasteiger partial charge in [-0.15, -0.1) is 0 Å². The molecule has 0 aliphatic carbocycles. The predicted octanol–water partition coefficient (Wildman–Crippen LogP) is 1.38. The van der Waals surface area contributed by atoms with Gasteiger partial charge in [-0.05, 0) is 26.3 Å². The molecule has 0 saturated carbocycles. The number of carboxylic acids is 1. The van der Waals surface area contributed by atoms with Gasteiger partial charge in [-0.1, -0.05) is 0 Å². The molecule has 140 valence electrons. The highest BCUT2D eigenvalue weighted by atomic mass is 19.4.